The fourth-order valence-electron chi connectivity index (χ4n) is 14.4. The third-order valence-electron chi connectivity index (χ3n) is 22.6. The number of benzene rings is 1. The molecule has 2 fully saturated rings. The van der Waals surface area contributed by atoms with Gasteiger partial charge in [-0.3, -0.25) is 100 Å². The zero-order valence-electron chi connectivity index (χ0n) is 83.8. The Bertz CT molecular complexity index is 4950. The summed E-state index contributed by atoms with van der Waals surface area (Å²) in [4.78, 5) is 296. The van der Waals surface area contributed by atoms with E-state index < -0.39 is 304 Å². The maximum Gasteiger partial charge on any atom is 0.490 e. The van der Waals surface area contributed by atoms with Crippen LogP contribution in [0.2, 0.25) is 0 Å². The molecule has 1 aromatic carbocycles. The number of aliphatic hydroxyl groups excluding tert-OH is 1. The van der Waals surface area contributed by atoms with Crippen LogP contribution in [-0.4, -0.2) is 361 Å². The number of aromatic amines is 1. The molecule has 824 valence electrons. The van der Waals surface area contributed by atoms with Crippen molar-refractivity contribution in [3.05, 3.63) is 74.6 Å². The van der Waals surface area contributed by atoms with E-state index in [1.807, 2.05) is 26.3 Å². The number of ether oxygens (including phenoxy) is 2. The summed E-state index contributed by atoms with van der Waals surface area (Å²) in [7, 11) is -17.2. The highest BCUT2D eigenvalue weighted by molar-refractivity contribution is 7.66. The number of allylic oxidation sites excluding steroid dienone is 1. The van der Waals surface area contributed by atoms with Crippen LogP contribution in [0.3, 0.4) is 0 Å². The van der Waals surface area contributed by atoms with E-state index in [0.717, 1.165) is 27.8 Å². The van der Waals surface area contributed by atoms with Crippen molar-refractivity contribution in [3.8, 4) is 17.6 Å². The molecular formula is C88H143N16O39P3. The standard InChI is InChI=1S/C64H83N12O39P3.4C6H15N/c1-29-9-12-32(27-111-51(91)8-3-2-6-31-26-76(64(103)74-54(31)92)45-24-41(78)42(113-45)28-112-117(107,108)115-118(109,110)114-116(104,105)106)53-52(29)61(99)75(62(53)100)17-15-43(79)66-25-44(80)67-34(7-4-5-16-65)55(93)69-36(19-46(81)82)58(96)71-38(21-48(85)86)60(98)72-39(22-49(87)88)59(97)70-37(20-47(83)84)57(95)68-35(18-30-10-13-33(77)14-11-30)56(94)73-40(63(101)102)23-50(89)90;4*1-4-7(5-2)6-3/h9-14,26,29,32,34-42,45,52-53,77-78H,3-5,7-8,15-25,27-28,65H2,1H3,(H,66,79)(H,67,80)(H,68,95)(H,69,93)(H,70,97)(H,71,96)(H,72,98)(H,73,94)(H,81,82)(H,83,84)(H,85,86)(H,87,88)(H,89,90)(H,101,102)(H,107,108)(H,109,110)(H,74,92,103)(H2,104,105,106);4*4-6H2,1-3H3/t29?,32?,34-,35-,36-,37-,38-,39-,40-,41-,42+,45+,52?,53?;;;;/m0..../s1. The summed E-state index contributed by atoms with van der Waals surface area (Å²) in [6.07, 6.45) is -9.59. The molecule has 3 heterocycles. The summed E-state index contributed by atoms with van der Waals surface area (Å²) < 4.78 is 58.1. The second-order valence-electron chi connectivity index (χ2n) is 32.8. The number of rotatable bonds is 59. The van der Waals surface area contributed by atoms with Gasteiger partial charge in [0.2, 0.25) is 59.1 Å². The molecule has 3 aliphatic rings. The first-order chi connectivity index (χ1) is 68.4. The van der Waals surface area contributed by atoms with Gasteiger partial charge in [-0.15, -0.1) is 0 Å². The molecule has 1 aromatic heterocycles. The number of nitrogens with zero attached hydrogens (tertiary/aromatic N) is 6. The molecule has 2 aliphatic heterocycles. The Morgan fingerprint density at radius 2 is 0.932 bits per heavy atom. The van der Waals surface area contributed by atoms with Crippen LogP contribution in [0.5, 0.6) is 5.75 Å². The Labute approximate surface area is 842 Å². The Balaban J connectivity index is 0.00000331. The number of hydrogen-bond donors (Lipinski definition) is 22. The molecule has 0 radical (unpaired) electrons. The molecular weight excluding hydrogens is 2000 g/mol. The molecule has 23 N–H and O–H groups in total. The average Bonchev–Trinajstić information content (AvgIpc) is 1.60. The van der Waals surface area contributed by atoms with E-state index in [-0.39, 0.29) is 49.1 Å². The summed E-state index contributed by atoms with van der Waals surface area (Å²) >= 11 is 0. The third kappa shape index (κ3) is 50.6. The van der Waals surface area contributed by atoms with Gasteiger partial charge in [-0.2, -0.15) is 8.62 Å². The highest BCUT2D eigenvalue weighted by Gasteiger charge is 2.54. The SMILES string of the molecule is CC1C=CC(COC(=O)CCC#Cc2cn([C@H]3C[C@H](O)[C@@H](COP(=O)(O)OP(=O)(O)OP(=O)(O)O)O3)c(=O)[nH]c2=O)C2C(=O)N(CCC(=O)NCC(=O)N[C@@H](CCCCN)C(=O)N[C@@H](CC(=O)O)C(=O)N[C@@H](CC(=O)O)C(=O)N[C@@H](CC(=O)O)C(=O)N[C@@H](CC(=O)O)C(=O)N[C@@H](Cc3ccc(O)cc3)C(=O)N[C@@H](CC(=O)O)C(=O)O)C(=O)C12.CCN(CC)CC.CCN(CC)CC.CCN(CC)CC.CCN(CC)CC. The third-order valence-corrected chi connectivity index (χ3v) is 26.4. The monoisotopic (exact) mass is 2140 g/mol. The summed E-state index contributed by atoms with van der Waals surface area (Å²) in [5.41, 5.74) is 3.29. The number of fused-ring (bicyclic) bond motifs is 1. The topological polar surface area (TPSA) is 824 Å². The number of likely N-dealkylation sites (tertiary alicyclic amines) is 1. The number of esters is 1. The van der Waals surface area contributed by atoms with Crippen LogP contribution in [0.4, 0.5) is 0 Å². The molecule has 16 atom stereocenters. The lowest BCUT2D eigenvalue weighted by molar-refractivity contribution is -0.147. The minimum Gasteiger partial charge on any atom is -0.508 e. The highest BCUT2D eigenvalue weighted by Crippen LogP contribution is 2.66. The number of phenols is 1. The van der Waals surface area contributed by atoms with E-state index >= 15 is 0 Å². The number of carboxylic acids is 6. The number of unbranched alkanes of at least 4 members (excludes halogenated alkanes) is 1. The first-order valence-electron chi connectivity index (χ1n) is 47.2. The second-order valence-corrected chi connectivity index (χ2v) is 37.2. The van der Waals surface area contributed by atoms with Crippen molar-refractivity contribution in [2.75, 3.05) is 111 Å². The number of carbonyl (C=O) groups is 17. The van der Waals surface area contributed by atoms with Gasteiger partial charge in [0, 0.05) is 44.3 Å². The molecule has 2 aromatic rings. The van der Waals surface area contributed by atoms with E-state index in [4.69, 9.17) is 25.0 Å². The average molecular weight is 2140 g/mol. The second kappa shape index (κ2) is 68.0. The van der Waals surface area contributed by atoms with Gasteiger partial charge in [0.15, 0.2) is 0 Å². The van der Waals surface area contributed by atoms with Crippen molar-refractivity contribution in [2.24, 2.45) is 29.4 Å². The van der Waals surface area contributed by atoms with Gasteiger partial charge >= 0.3 is 70.9 Å². The molecule has 0 bridgehead atoms. The fraction of sp³-hybridized carbons (Fsp3) is 0.648. The number of H-pyrrole nitrogens is 1. The summed E-state index contributed by atoms with van der Waals surface area (Å²) in [6.45, 7) is 39.2. The number of hydrogen-bond acceptors (Lipinski definition) is 34. The molecule has 146 heavy (non-hydrogen) atoms. The Kier molecular flexibility index (Phi) is 61.6. The quantitative estimate of drug-likeness (QED) is 0.00891. The van der Waals surface area contributed by atoms with Crippen molar-refractivity contribution in [1.29, 1.82) is 0 Å². The number of aromatic nitrogens is 2. The minimum atomic E-state index is -5.89. The van der Waals surface area contributed by atoms with Gasteiger partial charge in [0.05, 0.1) is 76.2 Å². The predicted octanol–water partition coefficient (Wildman–Crippen LogP) is -1.55. The van der Waals surface area contributed by atoms with E-state index in [2.05, 4.69) is 149 Å². The number of imide groups is 1. The lowest BCUT2D eigenvalue weighted by Crippen LogP contribution is -2.61. The first-order valence-corrected chi connectivity index (χ1v) is 51.7. The van der Waals surface area contributed by atoms with Crippen molar-refractivity contribution < 1.29 is 178 Å². The number of carboxylic acid groups (broad SMARTS) is 6. The molecule has 0 saturated carbocycles. The van der Waals surface area contributed by atoms with Crippen LogP contribution in [0.25, 0.3) is 0 Å². The van der Waals surface area contributed by atoms with Crippen LogP contribution in [0, 0.1) is 35.5 Å². The van der Waals surface area contributed by atoms with Gasteiger partial charge in [0.1, 0.15) is 65.9 Å². The highest BCUT2D eigenvalue weighted by atomic mass is 31.3. The van der Waals surface area contributed by atoms with Crippen LogP contribution in [0.15, 0.2) is 52.2 Å². The van der Waals surface area contributed by atoms with Crippen LogP contribution >= 0.6 is 23.5 Å². The predicted molar refractivity (Wildman–Crippen MR) is 517 cm³/mol. The van der Waals surface area contributed by atoms with Gasteiger partial charge in [0.25, 0.3) is 5.56 Å². The number of amides is 10. The van der Waals surface area contributed by atoms with Crippen LogP contribution in [-0.2, 0) is 124 Å². The van der Waals surface area contributed by atoms with Gasteiger partial charge in [-0.25, -0.2) is 23.3 Å². The number of aromatic hydroxyl groups is 1. The Hall–Kier alpha value is -11.7. The number of aliphatic hydroxyl groups is 1. The van der Waals surface area contributed by atoms with E-state index in [9.17, 15) is 155 Å². The summed E-state index contributed by atoms with van der Waals surface area (Å²) in [6, 6.07) is -10.4. The Morgan fingerprint density at radius 3 is 1.34 bits per heavy atom. The molecule has 0 spiro atoms. The maximum atomic E-state index is 13.9. The van der Waals surface area contributed by atoms with E-state index in [1.54, 1.807) is 19.1 Å². The van der Waals surface area contributed by atoms with Gasteiger partial charge in [-0.05, 0) is 128 Å². The molecule has 10 amide bonds. The number of nitrogens with one attached hydrogen (secondary N) is 9. The minimum absolute atomic E-state index is 0.0317. The normalized spacial score (nSPS) is 18.3. The number of phenolic OH excluding ortho intramolecular Hbond substituents is 1. The van der Waals surface area contributed by atoms with Gasteiger partial charge < -0.3 is 138 Å². The molecule has 6 unspecified atom stereocenters. The van der Waals surface area contributed by atoms with Crippen molar-refractivity contribution >= 4 is 124 Å². The number of phosphoric acid groups is 3. The van der Waals surface area contributed by atoms with E-state index in [1.165, 1.54) is 90.7 Å². The van der Waals surface area contributed by atoms with Crippen molar-refractivity contribution in [1.82, 2.24) is 76.6 Å². The van der Waals surface area contributed by atoms with Crippen molar-refractivity contribution in [2.45, 2.75) is 234 Å². The lowest BCUT2D eigenvalue weighted by atomic mass is 9.73. The molecule has 5 rings (SSSR count). The first kappa shape index (κ1) is 132. The van der Waals surface area contributed by atoms with Crippen molar-refractivity contribution in [3.63, 3.8) is 0 Å². The molecule has 55 nitrogen and oxygen atoms in total. The lowest BCUT2D eigenvalue weighted by Gasteiger charge is -2.29. The van der Waals surface area contributed by atoms with Crippen LogP contribution in [0.1, 0.15) is 184 Å². The largest absolute Gasteiger partial charge is 0.508 e. The molecule has 58 heteroatoms. The molecule has 2 saturated heterocycles. The zero-order valence-corrected chi connectivity index (χ0v) is 86.5. The Morgan fingerprint density at radius 1 is 0.521 bits per heavy atom. The number of phosphoric ester groups is 1. The molecule has 1 aliphatic carbocycles. The smallest absolute Gasteiger partial charge is 0.490 e. The van der Waals surface area contributed by atoms with Gasteiger partial charge in [-0.1, -0.05) is 126 Å². The maximum absolute atomic E-state index is 13.9. The number of aliphatic carboxylic acids is 6. The summed E-state index contributed by atoms with van der Waals surface area (Å²) in [5, 5.41) is 94.1. The number of carbonyl (C=O) groups excluding carboxylic acids is 11. The van der Waals surface area contributed by atoms with Crippen LogP contribution < -0.4 is 59.5 Å². The zero-order chi connectivity index (χ0) is 111. The number of nitrogens with two attached hydrogens (primary N) is 1. The van der Waals surface area contributed by atoms with E-state index in [0.29, 0.717) is 0 Å². The summed E-state index contributed by atoms with van der Waals surface area (Å²) in [5.74, 6) is -23.4. The fourth-order valence-corrected chi connectivity index (χ4v) is 17.4.